The van der Waals surface area contributed by atoms with E-state index in [2.05, 4.69) is 15.2 Å². The summed E-state index contributed by atoms with van der Waals surface area (Å²) in [6.07, 6.45) is 13.9. The molecule has 4 fully saturated rings. The normalized spacial score (nSPS) is 27.1. The van der Waals surface area contributed by atoms with Crippen LogP contribution in [0.25, 0.3) is 0 Å². The van der Waals surface area contributed by atoms with E-state index in [0.717, 1.165) is 77.5 Å². The minimum atomic E-state index is -0.272. The number of pyridine rings is 1. The molecule has 0 aromatic carbocycles. The SMILES string of the molecule is O=C(c1ccncc1)N1CCC2(CC[C@H](CNC(=O)C3(N4CCCC4)CCCC3)O2)CC1. The lowest BCUT2D eigenvalue weighted by molar-refractivity contribution is -0.134. The molecule has 3 aliphatic heterocycles. The fourth-order valence-electron chi connectivity index (χ4n) is 6.36. The molecule has 1 aromatic heterocycles. The van der Waals surface area contributed by atoms with E-state index in [9.17, 15) is 9.59 Å². The Bertz CT molecular complexity index is 810. The number of nitrogens with one attached hydrogen (secondary N) is 1. The van der Waals surface area contributed by atoms with E-state index < -0.39 is 0 Å². The largest absolute Gasteiger partial charge is 0.370 e. The first-order valence-electron chi connectivity index (χ1n) is 12.5. The van der Waals surface area contributed by atoms with Gasteiger partial charge in [0.1, 0.15) is 5.54 Å². The van der Waals surface area contributed by atoms with Crippen LogP contribution in [0.1, 0.15) is 74.6 Å². The van der Waals surface area contributed by atoms with Crippen molar-refractivity contribution in [2.75, 3.05) is 32.7 Å². The number of hydrogen-bond acceptors (Lipinski definition) is 5. The zero-order chi connectivity index (χ0) is 22.0. The number of carbonyl (C=O) groups is 2. The summed E-state index contributed by atoms with van der Waals surface area (Å²) in [6.45, 7) is 4.17. The number of carbonyl (C=O) groups excluding carboxylic acids is 2. The molecule has 1 spiro atoms. The molecule has 0 unspecified atom stereocenters. The molecule has 4 heterocycles. The van der Waals surface area contributed by atoms with Crippen molar-refractivity contribution in [1.29, 1.82) is 0 Å². The third kappa shape index (κ3) is 4.17. The topological polar surface area (TPSA) is 74.8 Å². The van der Waals surface area contributed by atoms with Gasteiger partial charge < -0.3 is 15.0 Å². The summed E-state index contributed by atoms with van der Waals surface area (Å²) in [7, 11) is 0. The van der Waals surface area contributed by atoms with Gasteiger partial charge in [0.25, 0.3) is 5.91 Å². The molecule has 7 nitrogen and oxygen atoms in total. The zero-order valence-electron chi connectivity index (χ0n) is 19.1. The van der Waals surface area contributed by atoms with Gasteiger partial charge in [-0.25, -0.2) is 0 Å². The fraction of sp³-hybridized carbons (Fsp3) is 0.720. The monoisotopic (exact) mass is 440 g/mol. The van der Waals surface area contributed by atoms with Crippen molar-refractivity contribution < 1.29 is 14.3 Å². The first kappa shape index (κ1) is 21.8. The van der Waals surface area contributed by atoms with Crippen LogP contribution < -0.4 is 5.32 Å². The number of ether oxygens (including phenoxy) is 1. The second-order valence-electron chi connectivity index (χ2n) is 10.1. The van der Waals surface area contributed by atoms with Crippen LogP contribution in [0.15, 0.2) is 24.5 Å². The van der Waals surface area contributed by atoms with Crippen LogP contribution in [0, 0.1) is 0 Å². The van der Waals surface area contributed by atoms with E-state index >= 15 is 0 Å². The number of aromatic nitrogens is 1. The number of nitrogens with zero attached hydrogens (tertiary/aromatic N) is 3. The molecule has 7 heteroatoms. The van der Waals surface area contributed by atoms with Crippen molar-refractivity contribution in [2.45, 2.75) is 81.5 Å². The van der Waals surface area contributed by atoms with Crippen molar-refractivity contribution in [2.24, 2.45) is 0 Å². The number of piperidine rings is 1. The van der Waals surface area contributed by atoms with Gasteiger partial charge >= 0.3 is 0 Å². The zero-order valence-corrected chi connectivity index (χ0v) is 19.1. The Morgan fingerprint density at radius 1 is 0.969 bits per heavy atom. The number of hydrogen-bond donors (Lipinski definition) is 1. The molecule has 1 N–H and O–H groups in total. The standard InChI is InChI=1S/C25H36N4O3/c30-22(20-6-13-26-14-7-20)28-17-11-24(12-18-28)10-5-21(32-24)19-27-23(31)25(8-1-2-9-25)29-15-3-4-16-29/h6-7,13-14,21H,1-5,8-12,15-19H2,(H,27,31)/t21-/m1/s1. The predicted octanol–water partition coefficient (Wildman–Crippen LogP) is 2.76. The molecule has 174 valence electrons. The van der Waals surface area contributed by atoms with E-state index in [1.165, 1.54) is 12.8 Å². The van der Waals surface area contributed by atoms with Crippen molar-refractivity contribution in [3.05, 3.63) is 30.1 Å². The molecule has 1 aromatic rings. The lowest BCUT2D eigenvalue weighted by atomic mass is 9.88. The Hall–Kier alpha value is -1.99. The second-order valence-corrected chi connectivity index (χ2v) is 10.1. The number of rotatable bonds is 5. The summed E-state index contributed by atoms with van der Waals surface area (Å²) in [5, 5.41) is 3.28. The smallest absolute Gasteiger partial charge is 0.253 e. The molecule has 1 aliphatic carbocycles. The van der Waals surface area contributed by atoms with Crippen LogP contribution in [0.2, 0.25) is 0 Å². The maximum Gasteiger partial charge on any atom is 0.253 e. The Balaban J connectivity index is 1.12. The van der Waals surface area contributed by atoms with Crippen LogP contribution in [0.4, 0.5) is 0 Å². The molecule has 3 saturated heterocycles. The molecule has 32 heavy (non-hydrogen) atoms. The first-order valence-corrected chi connectivity index (χ1v) is 12.5. The maximum absolute atomic E-state index is 13.3. The molecule has 2 amide bonds. The third-order valence-electron chi connectivity index (χ3n) is 8.28. The summed E-state index contributed by atoms with van der Waals surface area (Å²) < 4.78 is 6.52. The van der Waals surface area contributed by atoms with Gasteiger partial charge in [0.15, 0.2) is 0 Å². The highest BCUT2D eigenvalue weighted by molar-refractivity contribution is 5.94. The van der Waals surface area contributed by atoms with Gasteiger partial charge in [0.05, 0.1) is 11.7 Å². The van der Waals surface area contributed by atoms with Gasteiger partial charge in [-0.05, 0) is 76.6 Å². The molecular weight excluding hydrogens is 404 g/mol. The van der Waals surface area contributed by atoms with Crippen molar-refractivity contribution in [3.8, 4) is 0 Å². The Morgan fingerprint density at radius 3 is 2.34 bits per heavy atom. The average molecular weight is 441 g/mol. The summed E-state index contributed by atoms with van der Waals surface area (Å²) in [5.74, 6) is 0.298. The molecule has 0 bridgehead atoms. The van der Waals surface area contributed by atoms with E-state index in [1.807, 2.05) is 4.90 Å². The second kappa shape index (κ2) is 9.10. The maximum atomic E-state index is 13.3. The Labute approximate surface area is 190 Å². The van der Waals surface area contributed by atoms with Crippen molar-refractivity contribution in [1.82, 2.24) is 20.1 Å². The van der Waals surface area contributed by atoms with E-state index in [4.69, 9.17) is 4.74 Å². The molecule has 1 saturated carbocycles. The molecule has 4 aliphatic rings. The first-order chi connectivity index (χ1) is 15.6. The highest BCUT2D eigenvalue weighted by Crippen LogP contribution is 2.40. The highest BCUT2D eigenvalue weighted by atomic mass is 16.5. The van der Waals surface area contributed by atoms with E-state index in [0.29, 0.717) is 12.1 Å². The quantitative estimate of drug-likeness (QED) is 0.762. The summed E-state index contributed by atoms with van der Waals surface area (Å²) in [6, 6.07) is 3.55. The summed E-state index contributed by atoms with van der Waals surface area (Å²) >= 11 is 0. The summed E-state index contributed by atoms with van der Waals surface area (Å²) in [5.41, 5.74) is 0.290. The minimum Gasteiger partial charge on any atom is -0.370 e. The van der Waals surface area contributed by atoms with Crippen LogP contribution >= 0.6 is 0 Å². The number of amides is 2. The van der Waals surface area contributed by atoms with Crippen LogP contribution in [0.5, 0.6) is 0 Å². The van der Waals surface area contributed by atoms with Crippen LogP contribution in [-0.4, -0.2) is 76.6 Å². The Kier molecular flexibility index (Phi) is 6.21. The minimum absolute atomic E-state index is 0.0767. The molecule has 0 radical (unpaired) electrons. The lowest BCUT2D eigenvalue weighted by Gasteiger charge is -2.39. The van der Waals surface area contributed by atoms with E-state index in [1.54, 1.807) is 24.5 Å². The number of likely N-dealkylation sites (tertiary alicyclic amines) is 2. The van der Waals surface area contributed by atoms with Gasteiger partial charge in [-0.2, -0.15) is 0 Å². The van der Waals surface area contributed by atoms with Gasteiger partial charge in [0, 0.05) is 37.6 Å². The average Bonchev–Trinajstić information content (AvgIpc) is 3.60. The predicted molar refractivity (Wildman–Crippen MR) is 121 cm³/mol. The highest BCUT2D eigenvalue weighted by Gasteiger charge is 2.48. The Morgan fingerprint density at radius 2 is 1.66 bits per heavy atom. The van der Waals surface area contributed by atoms with Crippen LogP contribution in [-0.2, 0) is 9.53 Å². The van der Waals surface area contributed by atoms with Crippen LogP contribution in [0.3, 0.4) is 0 Å². The lowest BCUT2D eigenvalue weighted by Crippen LogP contribution is -2.57. The van der Waals surface area contributed by atoms with E-state index in [-0.39, 0.29) is 29.1 Å². The van der Waals surface area contributed by atoms with Crippen molar-refractivity contribution in [3.63, 3.8) is 0 Å². The third-order valence-corrected chi connectivity index (χ3v) is 8.28. The fourth-order valence-corrected chi connectivity index (χ4v) is 6.36. The van der Waals surface area contributed by atoms with Gasteiger partial charge in [-0.3, -0.25) is 19.5 Å². The van der Waals surface area contributed by atoms with Gasteiger partial charge in [-0.15, -0.1) is 0 Å². The van der Waals surface area contributed by atoms with Gasteiger partial charge in [0.2, 0.25) is 5.91 Å². The van der Waals surface area contributed by atoms with Crippen molar-refractivity contribution >= 4 is 11.8 Å². The van der Waals surface area contributed by atoms with Gasteiger partial charge in [-0.1, -0.05) is 12.8 Å². The molecular formula is C25H36N4O3. The molecule has 5 rings (SSSR count). The summed E-state index contributed by atoms with van der Waals surface area (Å²) in [4.78, 5) is 34.4. The molecule has 1 atom stereocenters.